The SMILES string of the molecule is COc1ccc(CCNC(=O)c2ccccc2NC(=O)c2cc(S(=O)(=O)N3CCOCC3)ccc2C)cc1OC. The van der Waals surface area contributed by atoms with Crippen molar-refractivity contribution in [3.05, 3.63) is 82.9 Å². The summed E-state index contributed by atoms with van der Waals surface area (Å²) in [6.07, 6.45) is 0.560. The number of hydrogen-bond acceptors (Lipinski definition) is 7. The number of morpholine rings is 1. The first-order chi connectivity index (χ1) is 19.2. The van der Waals surface area contributed by atoms with E-state index in [2.05, 4.69) is 10.6 Å². The molecular weight excluding hydrogens is 534 g/mol. The zero-order valence-corrected chi connectivity index (χ0v) is 23.5. The predicted octanol–water partition coefficient (Wildman–Crippen LogP) is 3.26. The Morgan fingerprint density at radius 2 is 1.62 bits per heavy atom. The third kappa shape index (κ3) is 6.61. The normalized spacial score (nSPS) is 13.9. The number of ether oxygens (including phenoxy) is 3. The molecule has 11 heteroatoms. The zero-order valence-electron chi connectivity index (χ0n) is 22.7. The van der Waals surface area contributed by atoms with Crippen molar-refractivity contribution < 1.29 is 32.2 Å². The van der Waals surface area contributed by atoms with Gasteiger partial charge in [-0.1, -0.05) is 24.3 Å². The van der Waals surface area contributed by atoms with Gasteiger partial charge in [-0.2, -0.15) is 4.31 Å². The number of benzene rings is 3. The molecular formula is C29H33N3O7S. The second kappa shape index (κ2) is 12.9. The molecule has 0 aliphatic carbocycles. The van der Waals surface area contributed by atoms with Crippen LogP contribution >= 0.6 is 0 Å². The number of hydrogen-bond donors (Lipinski definition) is 2. The maximum atomic E-state index is 13.3. The van der Waals surface area contributed by atoms with Crippen LogP contribution in [0.15, 0.2) is 65.6 Å². The monoisotopic (exact) mass is 567 g/mol. The van der Waals surface area contributed by atoms with Gasteiger partial charge < -0.3 is 24.8 Å². The number of carbonyl (C=O) groups is 2. The highest BCUT2D eigenvalue weighted by Gasteiger charge is 2.27. The van der Waals surface area contributed by atoms with Crippen molar-refractivity contribution in [2.75, 3.05) is 52.4 Å². The average Bonchev–Trinajstić information content (AvgIpc) is 2.97. The quantitative estimate of drug-likeness (QED) is 0.386. The molecule has 1 aliphatic heterocycles. The number of sulfonamides is 1. The van der Waals surface area contributed by atoms with Crippen molar-refractivity contribution >= 4 is 27.5 Å². The number of nitrogens with one attached hydrogen (secondary N) is 2. The number of aryl methyl sites for hydroxylation is 1. The summed E-state index contributed by atoms with van der Waals surface area (Å²) >= 11 is 0. The van der Waals surface area contributed by atoms with E-state index in [0.717, 1.165) is 5.56 Å². The van der Waals surface area contributed by atoms with Crippen LogP contribution in [0.25, 0.3) is 0 Å². The van der Waals surface area contributed by atoms with Crippen molar-refractivity contribution in [3.8, 4) is 11.5 Å². The van der Waals surface area contributed by atoms with Crippen molar-refractivity contribution in [2.45, 2.75) is 18.2 Å². The number of methoxy groups -OCH3 is 2. The van der Waals surface area contributed by atoms with E-state index >= 15 is 0 Å². The molecule has 0 unspecified atom stereocenters. The standard InChI is InChI=1S/C29H33N3O7S/c1-20-8-10-22(40(35,36)32-14-16-39-17-15-32)19-24(20)29(34)31-25-7-5-4-6-23(25)28(33)30-13-12-21-9-11-26(37-2)27(18-21)38-3/h4-11,18-19H,12-17H2,1-3H3,(H,30,33)(H,31,34). The van der Waals surface area contributed by atoms with Crippen LogP contribution < -0.4 is 20.1 Å². The van der Waals surface area contributed by atoms with E-state index in [0.29, 0.717) is 48.9 Å². The summed E-state index contributed by atoms with van der Waals surface area (Å²) in [5.74, 6) is 0.370. The Labute approximate surface area is 234 Å². The molecule has 212 valence electrons. The number of anilines is 1. The molecule has 0 atom stereocenters. The van der Waals surface area contributed by atoms with Crippen molar-refractivity contribution in [2.24, 2.45) is 0 Å². The van der Waals surface area contributed by atoms with Gasteiger partial charge in [-0.3, -0.25) is 9.59 Å². The minimum atomic E-state index is -3.78. The Balaban J connectivity index is 1.46. The van der Waals surface area contributed by atoms with Gasteiger partial charge in [-0.15, -0.1) is 0 Å². The predicted molar refractivity (Wildman–Crippen MR) is 151 cm³/mol. The summed E-state index contributed by atoms with van der Waals surface area (Å²) in [6.45, 7) is 3.25. The van der Waals surface area contributed by atoms with Crippen LogP contribution in [0, 0.1) is 6.92 Å². The lowest BCUT2D eigenvalue weighted by molar-refractivity contribution is 0.0730. The maximum Gasteiger partial charge on any atom is 0.255 e. The molecule has 1 saturated heterocycles. The second-order valence-electron chi connectivity index (χ2n) is 9.19. The first-order valence-corrected chi connectivity index (χ1v) is 14.3. The molecule has 0 saturated carbocycles. The van der Waals surface area contributed by atoms with Crippen molar-refractivity contribution in [3.63, 3.8) is 0 Å². The van der Waals surface area contributed by atoms with Crippen LogP contribution in [0.3, 0.4) is 0 Å². The van der Waals surface area contributed by atoms with E-state index in [1.165, 1.54) is 16.4 Å². The van der Waals surface area contributed by atoms with Gasteiger partial charge in [0.2, 0.25) is 10.0 Å². The van der Waals surface area contributed by atoms with E-state index in [1.54, 1.807) is 51.5 Å². The first-order valence-electron chi connectivity index (χ1n) is 12.8. The second-order valence-corrected chi connectivity index (χ2v) is 11.1. The van der Waals surface area contributed by atoms with E-state index < -0.39 is 15.9 Å². The van der Waals surface area contributed by atoms with Gasteiger partial charge in [0.25, 0.3) is 11.8 Å². The van der Waals surface area contributed by atoms with Gasteiger partial charge in [-0.05, 0) is 60.9 Å². The highest BCUT2D eigenvalue weighted by Crippen LogP contribution is 2.28. The van der Waals surface area contributed by atoms with Crippen molar-refractivity contribution in [1.29, 1.82) is 0 Å². The van der Waals surface area contributed by atoms with Crippen LogP contribution in [0.5, 0.6) is 11.5 Å². The molecule has 3 aromatic carbocycles. The largest absolute Gasteiger partial charge is 0.493 e. The van der Waals surface area contributed by atoms with Gasteiger partial charge in [0.15, 0.2) is 11.5 Å². The fourth-order valence-corrected chi connectivity index (χ4v) is 5.81. The molecule has 40 heavy (non-hydrogen) atoms. The third-order valence-corrected chi connectivity index (χ3v) is 8.52. The molecule has 2 N–H and O–H groups in total. The molecule has 0 radical (unpaired) electrons. The van der Waals surface area contributed by atoms with E-state index in [-0.39, 0.29) is 35.0 Å². The molecule has 0 spiro atoms. The Morgan fingerprint density at radius 1 is 0.900 bits per heavy atom. The summed E-state index contributed by atoms with van der Waals surface area (Å²) in [5, 5.41) is 5.67. The number of para-hydroxylation sites is 1. The summed E-state index contributed by atoms with van der Waals surface area (Å²) in [4.78, 5) is 26.3. The van der Waals surface area contributed by atoms with Gasteiger partial charge in [0, 0.05) is 25.2 Å². The average molecular weight is 568 g/mol. The number of amides is 2. The number of rotatable bonds is 10. The molecule has 1 heterocycles. The fraction of sp³-hybridized carbons (Fsp3) is 0.310. The molecule has 0 aromatic heterocycles. The van der Waals surface area contributed by atoms with Gasteiger partial charge in [-0.25, -0.2) is 8.42 Å². The van der Waals surface area contributed by atoms with Crippen LogP contribution in [0.1, 0.15) is 31.8 Å². The Bertz CT molecular complexity index is 1480. The third-order valence-electron chi connectivity index (χ3n) is 6.63. The Kier molecular flexibility index (Phi) is 9.41. The van der Waals surface area contributed by atoms with E-state index in [4.69, 9.17) is 14.2 Å². The lowest BCUT2D eigenvalue weighted by Crippen LogP contribution is -2.40. The van der Waals surface area contributed by atoms with E-state index in [9.17, 15) is 18.0 Å². The lowest BCUT2D eigenvalue weighted by Gasteiger charge is -2.26. The molecule has 3 aromatic rings. The zero-order chi connectivity index (χ0) is 28.7. The topological polar surface area (TPSA) is 123 Å². The molecule has 4 rings (SSSR count). The number of nitrogens with zero attached hydrogens (tertiary/aromatic N) is 1. The van der Waals surface area contributed by atoms with Gasteiger partial charge in [0.1, 0.15) is 0 Å². The highest BCUT2D eigenvalue weighted by atomic mass is 32.2. The van der Waals surface area contributed by atoms with Crippen LogP contribution in [-0.2, 0) is 21.2 Å². The Hall–Kier alpha value is -3.93. The molecule has 0 bridgehead atoms. The Morgan fingerprint density at radius 3 is 2.35 bits per heavy atom. The fourth-order valence-electron chi connectivity index (χ4n) is 4.37. The lowest BCUT2D eigenvalue weighted by atomic mass is 10.1. The van der Waals surface area contributed by atoms with E-state index in [1.807, 2.05) is 18.2 Å². The summed E-state index contributed by atoms with van der Waals surface area (Å²) in [6, 6.07) is 16.7. The van der Waals surface area contributed by atoms with Crippen LogP contribution in [0.4, 0.5) is 5.69 Å². The summed E-state index contributed by atoms with van der Waals surface area (Å²) in [5.41, 5.74) is 2.38. The number of carbonyl (C=O) groups excluding carboxylic acids is 2. The molecule has 1 aliphatic rings. The van der Waals surface area contributed by atoms with Crippen molar-refractivity contribution in [1.82, 2.24) is 9.62 Å². The highest BCUT2D eigenvalue weighted by molar-refractivity contribution is 7.89. The molecule has 10 nitrogen and oxygen atoms in total. The smallest absolute Gasteiger partial charge is 0.255 e. The molecule has 2 amide bonds. The maximum absolute atomic E-state index is 13.3. The van der Waals surface area contributed by atoms with Gasteiger partial charge in [0.05, 0.1) is 43.6 Å². The summed E-state index contributed by atoms with van der Waals surface area (Å²) in [7, 11) is -0.643. The molecule has 1 fully saturated rings. The van der Waals surface area contributed by atoms with Gasteiger partial charge >= 0.3 is 0 Å². The first kappa shape index (κ1) is 29.1. The minimum absolute atomic E-state index is 0.0336. The van der Waals surface area contributed by atoms with Crippen LogP contribution in [0.2, 0.25) is 0 Å². The van der Waals surface area contributed by atoms with Crippen LogP contribution in [-0.4, -0.2) is 71.6 Å². The minimum Gasteiger partial charge on any atom is -0.493 e. The summed E-state index contributed by atoms with van der Waals surface area (Å²) < 4.78 is 43.4.